The Hall–Kier alpha value is -3.00. The van der Waals surface area contributed by atoms with Crippen LogP contribution in [0.5, 0.6) is 0 Å². The Morgan fingerprint density at radius 1 is 1.29 bits per heavy atom. The highest BCUT2D eigenvalue weighted by atomic mass is 32.1. The standard InChI is InChI=1S/C16H13N3O4S/c1-10(17-15(20)13-7-8-14(23-13)19(21)22)16-18-12(9-24-16)11-5-3-2-4-6-11/h2-10H,1H3,(H,17,20)/t10-/m0/s1. The van der Waals surface area contributed by atoms with Crippen molar-refractivity contribution in [3.63, 3.8) is 0 Å². The molecule has 0 aliphatic heterocycles. The normalized spacial score (nSPS) is 11.9. The van der Waals surface area contributed by atoms with E-state index in [1.807, 2.05) is 35.7 Å². The molecular weight excluding hydrogens is 330 g/mol. The fourth-order valence-electron chi connectivity index (χ4n) is 2.11. The minimum absolute atomic E-state index is 0.103. The van der Waals surface area contributed by atoms with Gasteiger partial charge in [0.05, 0.1) is 17.8 Å². The third kappa shape index (κ3) is 3.33. The van der Waals surface area contributed by atoms with Gasteiger partial charge < -0.3 is 9.73 Å². The number of aromatic nitrogens is 1. The summed E-state index contributed by atoms with van der Waals surface area (Å²) in [5.41, 5.74) is 1.84. The molecule has 0 spiro atoms. The number of thiazole rings is 1. The molecule has 0 radical (unpaired) electrons. The number of carbonyl (C=O) groups is 1. The van der Waals surface area contributed by atoms with Crippen molar-refractivity contribution in [3.8, 4) is 11.3 Å². The highest BCUT2D eigenvalue weighted by molar-refractivity contribution is 7.10. The number of nitrogens with zero attached hydrogens (tertiary/aromatic N) is 2. The Balaban J connectivity index is 1.70. The van der Waals surface area contributed by atoms with Gasteiger partial charge in [-0.15, -0.1) is 11.3 Å². The molecule has 8 heteroatoms. The van der Waals surface area contributed by atoms with Crippen LogP contribution in [0.1, 0.15) is 28.5 Å². The first-order valence-electron chi connectivity index (χ1n) is 7.10. The molecular formula is C16H13N3O4S. The number of hydrogen-bond donors (Lipinski definition) is 1. The zero-order valence-electron chi connectivity index (χ0n) is 12.6. The van der Waals surface area contributed by atoms with E-state index in [0.717, 1.165) is 22.3 Å². The quantitative estimate of drug-likeness (QED) is 0.561. The molecule has 0 saturated heterocycles. The van der Waals surface area contributed by atoms with Gasteiger partial charge in [0.2, 0.25) is 0 Å². The molecule has 7 nitrogen and oxygen atoms in total. The predicted octanol–water partition coefficient (Wildman–Crippen LogP) is 3.80. The summed E-state index contributed by atoms with van der Waals surface area (Å²) in [5.74, 6) is -1.09. The van der Waals surface area contributed by atoms with Gasteiger partial charge in [0, 0.05) is 10.9 Å². The topological polar surface area (TPSA) is 98.3 Å². The second kappa shape index (κ2) is 6.63. The van der Waals surface area contributed by atoms with Gasteiger partial charge in [0.1, 0.15) is 9.93 Å². The fraction of sp³-hybridized carbons (Fsp3) is 0.125. The van der Waals surface area contributed by atoms with Gasteiger partial charge in [-0.3, -0.25) is 14.9 Å². The molecule has 1 N–H and O–H groups in total. The van der Waals surface area contributed by atoms with E-state index in [1.165, 1.54) is 17.4 Å². The molecule has 0 fully saturated rings. The zero-order chi connectivity index (χ0) is 17.1. The molecule has 2 aromatic heterocycles. The Morgan fingerprint density at radius 2 is 2.04 bits per heavy atom. The third-order valence-electron chi connectivity index (χ3n) is 3.31. The Bertz CT molecular complexity index is 872. The lowest BCUT2D eigenvalue weighted by Gasteiger charge is -2.09. The van der Waals surface area contributed by atoms with E-state index in [4.69, 9.17) is 4.42 Å². The van der Waals surface area contributed by atoms with Crippen molar-refractivity contribution in [2.45, 2.75) is 13.0 Å². The van der Waals surface area contributed by atoms with Crippen molar-refractivity contribution in [2.75, 3.05) is 0 Å². The SMILES string of the molecule is C[C@H](NC(=O)c1ccc([N+](=O)[O-])o1)c1nc(-c2ccccc2)cs1. The molecule has 0 aliphatic rings. The number of hydrogen-bond acceptors (Lipinski definition) is 6. The maximum atomic E-state index is 12.1. The molecule has 24 heavy (non-hydrogen) atoms. The zero-order valence-corrected chi connectivity index (χ0v) is 13.4. The van der Waals surface area contributed by atoms with Crippen LogP contribution in [0.3, 0.4) is 0 Å². The van der Waals surface area contributed by atoms with Crippen LogP contribution >= 0.6 is 11.3 Å². The van der Waals surface area contributed by atoms with E-state index in [1.54, 1.807) is 6.92 Å². The number of benzene rings is 1. The average Bonchev–Trinajstić information content (AvgIpc) is 3.25. The molecule has 1 amide bonds. The molecule has 1 aromatic carbocycles. The van der Waals surface area contributed by atoms with Gasteiger partial charge in [-0.2, -0.15) is 0 Å². The summed E-state index contributed by atoms with van der Waals surface area (Å²) in [4.78, 5) is 26.5. The first-order valence-corrected chi connectivity index (χ1v) is 7.98. The summed E-state index contributed by atoms with van der Waals surface area (Å²) in [7, 11) is 0. The first-order chi connectivity index (χ1) is 11.5. The Kier molecular flexibility index (Phi) is 4.39. The largest absolute Gasteiger partial charge is 0.433 e. The lowest BCUT2D eigenvalue weighted by atomic mass is 10.2. The Morgan fingerprint density at radius 3 is 2.71 bits per heavy atom. The number of rotatable bonds is 5. The number of nitro groups is 1. The highest BCUT2D eigenvalue weighted by Gasteiger charge is 2.20. The molecule has 1 atom stereocenters. The molecule has 0 saturated carbocycles. The minimum atomic E-state index is -0.687. The van der Waals surface area contributed by atoms with E-state index in [2.05, 4.69) is 10.3 Å². The van der Waals surface area contributed by atoms with Crippen LogP contribution in [0.25, 0.3) is 11.3 Å². The smallest absolute Gasteiger partial charge is 0.395 e. The molecule has 3 aromatic rings. The molecule has 2 heterocycles. The molecule has 0 aliphatic carbocycles. The lowest BCUT2D eigenvalue weighted by molar-refractivity contribution is -0.402. The van der Waals surface area contributed by atoms with Crippen LogP contribution in [-0.4, -0.2) is 15.8 Å². The minimum Gasteiger partial charge on any atom is -0.395 e. The van der Waals surface area contributed by atoms with Crippen molar-refractivity contribution in [3.05, 3.63) is 68.7 Å². The van der Waals surface area contributed by atoms with Crippen LogP contribution in [0.2, 0.25) is 0 Å². The van der Waals surface area contributed by atoms with Gasteiger partial charge in [-0.1, -0.05) is 30.3 Å². The van der Waals surface area contributed by atoms with Crippen molar-refractivity contribution < 1.29 is 14.1 Å². The van der Waals surface area contributed by atoms with Crippen molar-refractivity contribution in [1.29, 1.82) is 0 Å². The van der Waals surface area contributed by atoms with Crippen molar-refractivity contribution in [1.82, 2.24) is 10.3 Å². The first kappa shape index (κ1) is 15.9. The van der Waals surface area contributed by atoms with Crippen LogP contribution in [0, 0.1) is 10.1 Å². The second-order valence-electron chi connectivity index (χ2n) is 5.03. The van der Waals surface area contributed by atoms with Crippen molar-refractivity contribution in [2.24, 2.45) is 0 Å². The number of amides is 1. The van der Waals surface area contributed by atoms with Crippen LogP contribution in [0.4, 0.5) is 5.88 Å². The third-order valence-corrected chi connectivity index (χ3v) is 4.33. The van der Waals surface area contributed by atoms with E-state index >= 15 is 0 Å². The summed E-state index contributed by atoms with van der Waals surface area (Å²) in [5, 5.41) is 16.0. The van der Waals surface area contributed by atoms with E-state index in [0.29, 0.717) is 0 Å². The number of nitrogens with one attached hydrogen (secondary N) is 1. The van der Waals surface area contributed by atoms with Crippen LogP contribution in [-0.2, 0) is 0 Å². The summed E-state index contributed by atoms with van der Waals surface area (Å²) < 4.78 is 4.89. The molecule has 0 unspecified atom stereocenters. The predicted molar refractivity (Wildman–Crippen MR) is 88.8 cm³/mol. The summed E-state index contributed by atoms with van der Waals surface area (Å²) >= 11 is 1.44. The number of carbonyl (C=O) groups excluding carboxylic acids is 1. The fourth-order valence-corrected chi connectivity index (χ4v) is 2.94. The van der Waals surface area contributed by atoms with E-state index in [-0.39, 0.29) is 11.8 Å². The van der Waals surface area contributed by atoms with Gasteiger partial charge in [-0.05, 0) is 13.0 Å². The van der Waals surface area contributed by atoms with Crippen LogP contribution in [0.15, 0.2) is 52.3 Å². The maximum Gasteiger partial charge on any atom is 0.433 e. The maximum absolute atomic E-state index is 12.1. The average molecular weight is 343 g/mol. The monoisotopic (exact) mass is 343 g/mol. The molecule has 122 valence electrons. The van der Waals surface area contributed by atoms with E-state index in [9.17, 15) is 14.9 Å². The van der Waals surface area contributed by atoms with Gasteiger partial charge >= 0.3 is 5.88 Å². The second-order valence-corrected chi connectivity index (χ2v) is 5.92. The van der Waals surface area contributed by atoms with Gasteiger partial charge in [0.25, 0.3) is 5.91 Å². The van der Waals surface area contributed by atoms with E-state index < -0.39 is 16.7 Å². The highest BCUT2D eigenvalue weighted by Crippen LogP contribution is 2.25. The van der Waals surface area contributed by atoms with Crippen molar-refractivity contribution >= 4 is 23.1 Å². The summed E-state index contributed by atoms with van der Waals surface area (Å²) in [6.07, 6.45) is 0. The lowest BCUT2D eigenvalue weighted by Crippen LogP contribution is -2.26. The summed E-state index contributed by atoms with van der Waals surface area (Å²) in [6, 6.07) is 11.8. The van der Waals surface area contributed by atoms with Gasteiger partial charge in [0.15, 0.2) is 5.76 Å². The molecule has 3 rings (SSSR count). The number of furan rings is 1. The molecule has 0 bridgehead atoms. The summed E-state index contributed by atoms with van der Waals surface area (Å²) in [6.45, 7) is 1.79. The van der Waals surface area contributed by atoms with Gasteiger partial charge in [-0.25, -0.2) is 4.98 Å². The Labute approximate surface area is 141 Å². The van der Waals surface area contributed by atoms with Crippen LogP contribution < -0.4 is 5.32 Å².